The summed E-state index contributed by atoms with van der Waals surface area (Å²) in [6.07, 6.45) is 0.975. The van der Waals surface area contributed by atoms with E-state index in [0.29, 0.717) is 37.0 Å². The number of fused-ring (bicyclic) bond motifs is 1. The minimum atomic E-state index is -1.31. The van der Waals surface area contributed by atoms with Gasteiger partial charge in [-0.3, -0.25) is 0 Å². The number of aromatic nitrogens is 1. The Morgan fingerprint density at radius 3 is 2.58 bits per heavy atom. The zero-order valence-electron chi connectivity index (χ0n) is 14.2. The van der Waals surface area contributed by atoms with Gasteiger partial charge in [0, 0.05) is 18.3 Å². The highest BCUT2D eigenvalue weighted by molar-refractivity contribution is 7.85. The van der Waals surface area contributed by atoms with Crippen molar-refractivity contribution in [2.45, 2.75) is 49.7 Å². The van der Waals surface area contributed by atoms with Crippen LogP contribution in [0.4, 0.5) is 4.79 Å². The van der Waals surface area contributed by atoms with Crippen LogP contribution in [0.1, 0.15) is 33.6 Å². The monoisotopic (exact) mass is 350 g/mol. The predicted octanol–water partition coefficient (Wildman–Crippen LogP) is 3.33. The summed E-state index contributed by atoms with van der Waals surface area (Å²) in [5.41, 5.74) is 0.855. The number of carbonyl (C=O) groups excluding carboxylic acids is 1. The molecule has 0 aliphatic carbocycles. The number of piperidine rings is 1. The summed E-state index contributed by atoms with van der Waals surface area (Å²) in [7, 11) is -1.31. The third-order valence-electron chi connectivity index (χ3n) is 3.84. The zero-order chi connectivity index (χ0) is 17.3. The minimum absolute atomic E-state index is 0.0586. The molecule has 0 radical (unpaired) electrons. The van der Waals surface area contributed by atoms with E-state index in [9.17, 15) is 9.00 Å². The second-order valence-electron chi connectivity index (χ2n) is 6.91. The number of amides is 1. The van der Waals surface area contributed by atoms with Crippen LogP contribution in [0.5, 0.6) is 0 Å². The van der Waals surface area contributed by atoms with Crippen molar-refractivity contribution >= 4 is 28.0 Å². The first-order valence-electron chi connectivity index (χ1n) is 8.07. The van der Waals surface area contributed by atoms with Gasteiger partial charge in [0.05, 0.1) is 0 Å². The van der Waals surface area contributed by atoms with E-state index in [4.69, 9.17) is 9.15 Å². The zero-order valence-corrected chi connectivity index (χ0v) is 15.0. The van der Waals surface area contributed by atoms with Gasteiger partial charge in [0.25, 0.3) is 5.22 Å². The summed E-state index contributed by atoms with van der Waals surface area (Å²) in [6, 6.07) is 7.38. The molecule has 1 aromatic carbocycles. The Balaban J connectivity index is 1.62. The highest BCUT2D eigenvalue weighted by Crippen LogP contribution is 2.24. The number of carbonyl (C=O) groups is 1. The fraction of sp³-hybridized carbons (Fsp3) is 0.529. The number of rotatable bonds is 2. The Morgan fingerprint density at radius 1 is 1.29 bits per heavy atom. The normalized spacial score (nSPS) is 17.9. The molecule has 1 aliphatic rings. The van der Waals surface area contributed by atoms with Gasteiger partial charge < -0.3 is 14.1 Å². The van der Waals surface area contributed by atoms with Crippen molar-refractivity contribution in [3.05, 3.63) is 24.3 Å². The molecule has 1 saturated heterocycles. The third kappa shape index (κ3) is 3.77. The van der Waals surface area contributed by atoms with Gasteiger partial charge in [-0.05, 0) is 45.7 Å². The molecule has 6 nitrogen and oxygen atoms in total. The Hall–Kier alpha value is -1.89. The molecule has 0 N–H and O–H groups in total. The van der Waals surface area contributed by atoms with Crippen molar-refractivity contribution in [2.24, 2.45) is 0 Å². The van der Waals surface area contributed by atoms with Crippen LogP contribution >= 0.6 is 0 Å². The van der Waals surface area contributed by atoms with Gasteiger partial charge in [0.2, 0.25) is 0 Å². The van der Waals surface area contributed by atoms with Crippen LogP contribution in [0.3, 0.4) is 0 Å². The average Bonchev–Trinajstić information content (AvgIpc) is 2.96. The first-order chi connectivity index (χ1) is 11.3. The van der Waals surface area contributed by atoms with Gasteiger partial charge in [-0.1, -0.05) is 12.1 Å². The Kier molecular flexibility index (Phi) is 4.62. The van der Waals surface area contributed by atoms with E-state index in [1.54, 1.807) is 4.90 Å². The highest BCUT2D eigenvalue weighted by atomic mass is 32.2. The van der Waals surface area contributed by atoms with Gasteiger partial charge >= 0.3 is 6.09 Å². The van der Waals surface area contributed by atoms with Crippen LogP contribution in [0.25, 0.3) is 11.1 Å². The van der Waals surface area contributed by atoms with Crippen molar-refractivity contribution in [1.29, 1.82) is 0 Å². The Bertz CT molecular complexity index is 724. The van der Waals surface area contributed by atoms with Crippen LogP contribution in [0.2, 0.25) is 0 Å². The lowest BCUT2D eigenvalue weighted by molar-refractivity contribution is 0.0218. The lowest BCUT2D eigenvalue weighted by Gasteiger charge is -2.32. The first-order valence-corrected chi connectivity index (χ1v) is 9.29. The van der Waals surface area contributed by atoms with Crippen LogP contribution in [-0.2, 0) is 15.5 Å². The number of ether oxygens (including phenoxy) is 1. The fourth-order valence-electron chi connectivity index (χ4n) is 2.66. The summed E-state index contributed by atoms with van der Waals surface area (Å²) in [6.45, 7) is 6.61. The van der Waals surface area contributed by atoms with Crippen molar-refractivity contribution in [3.8, 4) is 0 Å². The quantitative estimate of drug-likeness (QED) is 0.830. The number of hydrogen-bond donors (Lipinski definition) is 0. The maximum atomic E-state index is 12.7. The van der Waals surface area contributed by atoms with E-state index >= 15 is 0 Å². The molecular formula is C17H22N2O4S. The summed E-state index contributed by atoms with van der Waals surface area (Å²) >= 11 is 0. The Labute approximate surface area is 143 Å². The number of benzene rings is 1. The van der Waals surface area contributed by atoms with Crippen molar-refractivity contribution in [1.82, 2.24) is 9.88 Å². The van der Waals surface area contributed by atoms with Crippen LogP contribution in [0.15, 0.2) is 33.9 Å². The van der Waals surface area contributed by atoms with Gasteiger partial charge in [-0.15, -0.1) is 0 Å². The number of nitrogens with zero attached hydrogens (tertiary/aromatic N) is 2. The van der Waals surface area contributed by atoms with E-state index in [1.165, 1.54) is 0 Å². The first kappa shape index (κ1) is 17.0. The van der Waals surface area contributed by atoms with Gasteiger partial charge in [0.15, 0.2) is 5.58 Å². The van der Waals surface area contributed by atoms with Crippen molar-refractivity contribution < 1.29 is 18.2 Å². The number of hydrogen-bond acceptors (Lipinski definition) is 5. The third-order valence-corrected chi connectivity index (χ3v) is 5.44. The molecule has 1 fully saturated rings. The molecule has 1 atom stereocenters. The van der Waals surface area contributed by atoms with Crippen LogP contribution in [-0.4, -0.2) is 44.1 Å². The molecular weight excluding hydrogens is 328 g/mol. The molecule has 2 aromatic rings. The summed E-state index contributed by atoms with van der Waals surface area (Å²) in [4.78, 5) is 18.1. The smallest absolute Gasteiger partial charge is 0.410 e. The number of oxazole rings is 1. The topological polar surface area (TPSA) is 72.6 Å². The molecule has 0 bridgehead atoms. The van der Waals surface area contributed by atoms with E-state index in [-0.39, 0.29) is 16.6 Å². The molecule has 0 unspecified atom stereocenters. The lowest BCUT2D eigenvalue weighted by Crippen LogP contribution is -2.43. The molecule has 24 heavy (non-hydrogen) atoms. The molecule has 2 heterocycles. The van der Waals surface area contributed by atoms with E-state index in [1.807, 2.05) is 45.0 Å². The second kappa shape index (κ2) is 6.55. The highest BCUT2D eigenvalue weighted by Gasteiger charge is 2.31. The summed E-state index contributed by atoms with van der Waals surface area (Å²) in [5, 5.41) is 0.212. The second-order valence-corrected chi connectivity index (χ2v) is 8.52. The Morgan fingerprint density at radius 2 is 1.96 bits per heavy atom. The van der Waals surface area contributed by atoms with Gasteiger partial charge in [-0.25, -0.2) is 14.0 Å². The predicted molar refractivity (Wildman–Crippen MR) is 91.2 cm³/mol. The molecule has 1 amide bonds. The van der Waals surface area contributed by atoms with Crippen molar-refractivity contribution in [2.75, 3.05) is 13.1 Å². The molecule has 1 aromatic heterocycles. The summed E-state index contributed by atoms with van der Waals surface area (Å²) in [5.74, 6) is 0. The molecule has 7 heteroatoms. The molecule has 0 spiro atoms. The summed E-state index contributed by atoms with van der Waals surface area (Å²) < 4.78 is 23.7. The molecule has 1 aliphatic heterocycles. The van der Waals surface area contributed by atoms with E-state index < -0.39 is 16.4 Å². The minimum Gasteiger partial charge on any atom is -0.444 e. The van der Waals surface area contributed by atoms with E-state index in [0.717, 1.165) is 0 Å². The standard InChI is InChI=1S/C17H22N2O4S/c1-17(2,3)23-16(20)19-10-8-12(9-11-19)24(21)15-18-13-6-4-5-7-14(13)22-15/h4-7,12H,8-11H2,1-3H3/t24-/m1/s1. The molecule has 130 valence electrons. The maximum Gasteiger partial charge on any atom is 0.410 e. The average molecular weight is 350 g/mol. The number of para-hydroxylation sites is 2. The van der Waals surface area contributed by atoms with Crippen LogP contribution < -0.4 is 0 Å². The van der Waals surface area contributed by atoms with Crippen molar-refractivity contribution in [3.63, 3.8) is 0 Å². The fourth-order valence-corrected chi connectivity index (χ4v) is 3.94. The molecule has 3 rings (SSSR count). The van der Waals surface area contributed by atoms with Crippen LogP contribution in [0, 0.1) is 0 Å². The largest absolute Gasteiger partial charge is 0.444 e. The van der Waals surface area contributed by atoms with Gasteiger partial charge in [-0.2, -0.15) is 0 Å². The number of likely N-dealkylation sites (tertiary alicyclic amines) is 1. The SMILES string of the molecule is CC(C)(C)OC(=O)N1CCC([S@@](=O)c2nc3ccccc3o2)CC1. The molecule has 0 saturated carbocycles. The van der Waals surface area contributed by atoms with Gasteiger partial charge in [0.1, 0.15) is 21.9 Å². The lowest BCUT2D eigenvalue weighted by atomic mass is 10.1. The van der Waals surface area contributed by atoms with E-state index in [2.05, 4.69) is 4.98 Å². The maximum absolute atomic E-state index is 12.7.